The third-order valence-electron chi connectivity index (χ3n) is 4.37. The van der Waals surface area contributed by atoms with Crippen LogP contribution in [0.4, 0.5) is 5.69 Å². The van der Waals surface area contributed by atoms with Gasteiger partial charge in [0, 0.05) is 18.0 Å². The summed E-state index contributed by atoms with van der Waals surface area (Å²) in [5.41, 5.74) is 4.31. The second kappa shape index (κ2) is 5.20. The molecule has 0 bridgehead atoms. The average Bonchev–Trinajstić information content (AvgIpc) is 2.85. The van der Waals surface area contributed by atoms with E-state index in [2.05, 4.69) is 37.4 Å². The summed E-state index contributed by atoms with van der Waals surface area (Å²) in [6, 6.07) is 6.53. The van der Waals surface area contributed by atoms with Crippen LogP contribution in [0.25, 0.3) is 0 Å². The molecule has 1 heterocycles. The number of hydrogen-bond acceptors (Lipinski definition) is 3. The Bertz CT molecular complexity index is 501. The van der Waals surface area contributed by atoms with Crippen molar-refractivity contribution in [2.24, 2.45) is 10.4 Å². The number of anilines is 1. The number of amidine groups is 1. The van der Waals surface area contributed by atoms with Gasteiger partial charge in [0.25, 0.3) is 0 Å². The summed E-state index contributed by atoms with van der Waals surface area (Å²) in [6.45, 7) is 5.30. The van der Waals surface area contributed by atoms with E-state index in [9.17, 15) is 0 Å². The maximum atomic E-state index is 4.80. The zero-order valence-corrected chi connectivity index (χ0v) is 12.6. The van der Waals surface area contributed by atoms with Gasteiger partial charge in [-0.1, -0.05) is 36.7 Å². The lowest BCUT2D eigenvalue weighted by Gasteiger charge is -2.31. The first kappa shape index (κ1) is 13.0. The summed E-state index contributed by atoms with van der Waals surface area (Å²) in [6.07, 6.45) is 5.55. The van der Waals surface area contributed by atoms with Gasteiger partial charge >= 0.3 is 0 Å². The summed E-state index contributed by atoms with van der Waals surface area (Å²) in [4.78, 5) is 4.80. The van der Waals surface area contributed by atoms with E-state index in [1.165, 1.54) is 48.3 Å². The Morgan fingerprint density at radius 2 is 2.00 bits per heavy atom. The van der Waals surface area contributed by atoms with Gasteiger partial charge in [-0.05, 0) is 49.3 Å². The highest BCUT2D eigenvalue weighted by Gasteiger charge is 2.36. The van der Waals surface area contributed by atoms with Crippen LogP contribution in [-0.4, -0.2) is 17.5 Å². The quantitative estimate of drug-likeness (QED) is 0.822. The minimum Gasteiger partial charge on any atom is -0.335 e. The summed E-state index contributed by atoms with van der Waals surface area (Å²) in [5.74, 6) is 1.24. The monoisotopic (exact) mass is 274 g/mol. The van der Waals surface area contributed by atoms with Crippen LogP contribution in [-0.2, 0) is 0 Å². The van der Waals surface area contributed by atoms with Gasteiger partial charge in [0.1, 0.15) is 0 Å². The fourth-order valence-electron chi connectivity index (χ4n) is 3.04. The van der Waals surface area contributed by atoms with Gasteiger partial charge in [-0.15, -0.1) is 0 Å². The molecule has 2 aliphatic rings. The van der Waals surface area contributed by atoms with E-state index in [1.807, 2.05) is 11.8 Å². The SMILES string of the molecule is Cc1ccc(C)c(NC2=NCC3(CCCC3)CS2)c1. The molecule has 0 radical (unpaired) electrons. The van der Waals surface area contributed by atoms with Crippen molar-refractivity contribution in [1.82, 2.24) is 0 Å². The van der Waals surface area contributed by atoms with E-state index >= 15 is 0 Å². The van der Waals surface area contributed by atoms with E-state index in [-0.39, 0.29) is 0 Å². The predicted octanol–water partition coefficient (Wildman–Crippen LogP) is 4.38. The molecule has 19 heavy (non-hydrogen) atoms. The molecule has 1 aromatic carbocycles. The zero-order valence-electron chi connectivity index (χ0n) is 11.8. The van der Waals surface area contributed by atoms with Crippen LogP contribution in [0, 0.1) is 19.3 Å². The zero-order chi connectivity index (χ0) is 13.3. The van der Waals surface area contributed by atoms with Crippen LogP contribution in [0.5, 0.6) is 0 Å². The van der Waals surface area contributed by atoms with Crippen LogP contribution >= 0.6 is 11.8 Å². The van der Waals surface area contributed by atoms with Gasteiger partial charge in [-0.2, -0.15) is 0 Å². The minimum absolute atomic E-state index is 0.525. The molecule has 1 aromatic rings. The first-order valence-corrected chi connectivity index (χ1v) is 8.17. The molecule has 1 spiro atoms. The smallest absolute Gasteiger partial charge is 0.161 e. The van der Waals surface area contributed by atoms with E-state index in [1.54, 1.807) is 0 Å². The van der Waals surface area contributed by atoms with Gasteiger partial charge in [-0.25, -0.2) is 0 Å². The average molecular weight is 274 g/mol. The molecule has 3 heteroatoms. The lowest BCUT2D eigenvalue weighted by molar-refractivity contribution is 0.359. The van der Waals surface area contributed by atoms with Crippen LogP contribution < -0.4 is 5.32 Å². The standard InChI is InChI=1S/C16H22N2S/c1-12-5-6-13(2)14(9-12)18-15-17-10-16(11-19-15)7-3-4-8-16/h5-6,9H,3-4,7-8,10-11H2,1-2H3,(H,17,18). The Hall–Kier alpha value is -0.960. The number of hydrogen-bond donors (Lipinski definition) is 1. The highest BCUT2D eigenvalue weighted by molar-refractivity contribution is 8.14. The Labute approximate surface area is 120 Å². The highest BCUT2D eigenvalue weighted by atomic mass is 32.2. The summed E-state index contributed by atoms with van der Waals surface area (Å²) < 4.78 is 0. The molecule has 0 amide bonds. The van der Waals surface area contributed by atoms with Crippen LogP contribution in [0.3, 0.4) is 0 Å². The van der Waals surface area contributed by atoms with Crippen molar-refractivity contribution in [3.63, 3.8) is 0 Å². The fraction of sp³-hybridized carbons (Fsp3) is 0.562. The number of aryl methyl sites for hydroxylation is 2. The lowest BCUT2D eigenvalue weighted by atomic mass is 9.89. The summed E-state index contributed by atoms with van der Waals surface area (Å²) >= 11 is 1.91. The van der Waals surface area contributed by atoms with Crippen LogP contribution in [0.15, 0.2) is 23.2 Å². The van der Waals surface area contributed by atoms with Gasteiger partial charge in [0.2, 0.25) is 0 Å². The second-order valence-corrected chi connectivity index (χ2v) is 7.02. The number of nitrogens with zero attached hydrogens (tertiary/aromatic N) is 1. The van der Waals surface area contributed by atoms with Crippen molar-refractivity contribution in [1.29, 1.82) is 0 Å². The van der Waals surface area contributed by atoms with E-state index in [0.29, 0.717) is 5.41 Å². The molecule has 0 atom stereocenters. The molecule has 1 saturated carbocycles. The largest absolute Gasteiger partial charge is 0.335 e. The third-order valence-corrected chi connectivity index (χ3v) is 5.63. The molecule has 0 aromatic heterocycles. The number of benzene rings is 1. The minimum atomic E-state index is 0.525. The number of aliphatic imine (C=N–C) groups is 1. The maximum Gasteiger partial charge on any atom is 0.161 e. The molecule has 0 unspecified atom stereocenters. The Kier molecular flexibility index (Phi) is 3.57. The van der Waals surface area contributed by atoms with E-state index < -0.39 is 0 Å². The fourth-order valence-corrected chi connectivity index (χ4v) is 4.20. The van der Waals surface area contributed by atoms with Crippen molar-refractivity contribution < 1.29 is 0 Å². The Morgan fingerprint density at radius 3 is 2.68 bits per heavy atom. The summed E-state index contributed by atoms with van der Waals surface area (Å²) in [7, 11) is 0. The molecular weight excluding hydrogens is 252 g/mol. The van der Waals surface area contributed by atoms with Crippen molar-refractivity contribution in [3.05, 3.63) is 29.3 Å². The first-order valence-electron chi connectivity index (χ1n) is 7.18. The predicted molar refractivity (Wildman–Crippen MR) is 85.2 cm³/mol. The van der Waals surface area contributed by atoms with Gasteiger partial charge in [0.05, 0.1) is 0 Å². The summed E-state index contributed by atoms with van der Waals surface area (Å²) in [5, 5.41) is 4.61. The normalized spacial score (nSPS) is 21.5. The molecule has 0 saturated heterocycles. The molecule has 1 fully saturated rings. The number of nitrogens with one attached hydrogen (secondary N) is 1. The second-order valence-electron chi connectivity index (χ2n) is 6.06. The lowest BCUT2D eigenvalue weighted by Crippen LogP contribution is -2.30. The van der Waals surface area contributed by atoms with Crippen molar-refractivity contribution in [3.8, 4) is 0 Å². The van der Waals surface area contributed by atoms with Gasteiger partial charge in [0.15, 0.2) is 5.17 Å². The number of rotatable bonds is 1. The third kappa shape index (κ3) is 2.81. The van der Waals surface area contributed by atoms with E-state index in [0.717, 1.165) is 11.7 Å². The van der Waals surface area contributed by atoms with Crippen molar-refractivity contribution in [2.75, 3.05) is 17.6 Å². The maximum absolute atomic E-state index is 4.80. The van der Waals surface area contributed by atoms with Crippen molar-refractivity contribution in [2.45, 2.75) is 39.5 Å². The molecular formula is C16H22N2S. The first-order chi connectivity index (χ1) is 9.17. The van der Waals surface area contributed by atoms with E-state index in [4.69, 9.17) is 4.99 Å². The van der Waals surface area contributed by atoms with Gasteiger partial charge in [-0.3, -0.25) is 4.99 Å². The van der Waals surface area contributed by atoms with Crippen LogP contribution in [0.2, 0.25) is 0 Å². The molecule has 1 aliphatic carbocycles. The molecule has 3 rings (SSSR count). The van der Waals surface area contributed by atoms with Crippen LogP contribution in [0.1, 0.15) is 36.8 Å². The molecule has 1 N–H and O–H groups in total. The number of thioether (sulfide) groups is 1. The van der Waals surface area contributed by atoms with Gasteiger partial charge < -0.3 is 5.32 Å². The molecule has 102 valence electrons. The Morgan fingerprint density at radius 1 is 1.21 bits per heavy atom. The van der Waals surface area contributed by atoms with Crippen molar-refractivity contribution >= 4 is 22.6 Å². The molecule has 1 aliphatic heterocycles. The topological polar surface area (TPSA) is 24.4 Å². The highest BCUT2D eigenvalue weighted by Crippen LogP contribution is 2.43. The molecule has 2 nitrogen and oxygen atoms in total. The Balaban J connectivity index is 1.71.